The third-order valence-corrected chi connectivity index (χ3v) is 10.1. The minimum Gasteiger partial charge on any atom is -0.309 e. The maximum absolute atomic E-state index is 2.43. The van der Waals surface area contributed by atoms with Crippen molar-refractivity contribution in [2.24, 2.45) is 0 Å². The number of hydrogen-bond acceptors (Lipinski definition) is 0. The lowest BCUT2D eigenvalue weighted by Gasteiger charge is -2.11. The van der Waals surface area contributed by atoms with Crippen LogP contribution in [-0.2, 0) is 0 Å². The average Bonchev–Trinajstić information content (AvgIpc) is 3.71. The SMILES string of the molecule is c1ccc(-c2cccc(-c3ccc(-n4c5ccccc5c5c6c7cc(-c8ccccc8)ccc7n(-c7ccccc7)c6ccc54)cc3)c2)cc1. The van der Waals surface area contributed by atoms with E-state index in [2.05, 4.69) is 203 Å². The molecule has 2 heteroatoms. The molecule has 0 aliphatic carbocycles. The van der Waals surface area contributed by atoms with Crippen LogP contribution in [0.3, 0.4) is 0 Å². The van der Waals surface area contributed by atoms with Gasteiger partial charge in [0.25, 0.3) is 0 Å². The maximum atomic E-state index is 2.43. The van der Waals surface area contributed by atoms with Crippen molar-refractivity contribution in [1.29, 1.82) is 0 Å². The molecular formula is C48H32N2. The largest absolute Gasteiger partial charge is 0.309 e. The van der Waals surface area contributed by atoms with Gasteiger partial charge in [0.2, 0.25) is 0 Å². The Morgan fingerprint density at radius 3 is 1.30 bits per heavy atom. The lowest BCUT2D eigenvalue weighted by molar-refractivity contribution is 1.17. The second-order valence-electron chi connectivity index (χ2n) is 13.0. The highest BCUT2D eigenvalue weighted by atomic mass is 15.0. The average molecular weight is 637 g/mol. The van der Waals surface area contributed by atoms with Crippen LogP contribution in [0.2, 0.25) is 0 Å². The van der Waals surface area contributed by atoms with E-state index in [0.29, 0.717) is 0 Å². The van der Waals surface area contributed by atoms with E-state index in [-0.39, 0.29) is 0 Å². The van der Waals surface area contributed by atoms with Gasteiger partial charge in [-0.3, -0.25) is 0 Å². The van der Waals surface area contributed by atoms with Gasteiger partial charge in [-0.25, -0.2) is 0 Å². The third-order valence-electron chi connectivity index (χ3n) is 10.1. The highest BCUT2D eigenvalue weighted by molar-refractivity contribution is 6.29. The molecule has 2 aromatic heterocycles. The van der Waals surface area contributed by atoms with Crippen LogP contribution >= 0.6 is 0 Å². The summed E-state index contributed by atoms with van der Waals surface area (Å²) in [5.74, 6) is 0. The summed E-state index contributed by atoms with van der Waals surface area (Å²) in [4.78, 5) is 0. The van der Waals surface area contributed by atoms with Gasteiger partial charge in [-0.05, 0) is 94.0 Å². The van der Waals surface area contributed by atoms with E-state index >= 15 is 0 Å². The summed E-state index contributed by atoms with van der Waals surface area (Å²) in [5, 5.41) is 5.07. The molecule has 10 aromatic rings. The number of nitrogens with zero attached hydrogens (tertiary/aromatic N) is 2. The van der Waals surface area contributed by atoms with E-state index < -0.39 is 0 Å². The second-order valence-corrected chi connectivity index (χ2v) is 13.0. The van der Waals surface area contributed by atoms with Crippen molar-refractivity contribution in [3.63, 3.8) is 0 Å². The number of fused-ring (bicyclic) bond motifs is 7. The molecule has 50 heavy (non-hydrogen) atoms. The fourth-order valence-electron chi connectivity index (χ4n) is 7.82. The smallest absolute Gasteiger partial charge is 0.0548 e. The fraction of sp³-hybridized carbons (Fsp3) is 0. The topological polar surface area (TPSA) is 9.86 Å². The molecule has 10 rings (SSSR count). The Kier molecular flexibility index (Phi) is 6.53. The normalized spacial score (nSPS) is 11.6. The van der Waals surface area contributed by atoms with Gasteiger partial charge >= 0.3 is 0 Å². The molecule has 0 radical (unpaired) electrons. The predicted molar refractivity (Wildman–Crippen MR) is 211 cm³/mol. The number of para-hydroxylation sites is 2. The molecule has 0 fully saturated rings. The van der Waals surface area contributed by atoms with Gasteiger partial charge in [0.05, 0.1) is 22.1 Å². The molecule has 2 nitrogen and oxygen atoms in total. The monoisotopic (exact) mass is 636 g/mol. The number of hydrogen-bond donors (Lipinski definition) is 0. The zero-order chi connectivity index (χ0) is 33.0. The van der Waals surface area contributed by atoms with Crippen LogP contribution in [-0.4, -0.2) is 9.13 Å². The lowest BCUT2D eigenvalue weighted by Crippen LogP contribution is -1.95. The third kappa shape index (κ3) is 4.50. The first-order chi connectivity index (χ1) is 24.8. The Morgan fingerprint density at radius 1 is 0.240 bits per heavy atom. The highest BCUT2D eigenvalue weighted by Gasteiger charge is 2.21. The van der Waals surface area contributed by atoms with Crippen molar-refractivity contribution < 1.29 is 0 Å². The molecule has 0 atom stereocenters. The Hall–Kier alpha value is -6.64. The molecule has 0 amide bonds. The van der Waals surface area contributed by atoms with Crippen LogP contribution in [0.25, 0.3) is 88.4 Å². The summed E-state index contributed by atoms with van der Waals surface area (Å²) < 4.78 is 4.85. The quantitative estimate of drug-likeness (QED) is 0.178. The van der Waals surface area contributed by atoms with Crippen LogP contribution in [0.1, 0.15) is 0 Å². The molecule has 8 aromatic carbocycles. The van der Waals surface area contributed by atoms with E-state index in [1.807, 2.05) is 0 Å². The Bertz CT molecular complexity index is 2820. The van der Waals surface area contributed by atoms with Gasteiger partial charge in [0.1, 0.15) is 0 Å². The van der Waals surface area contributed by atoms with E-state index in [1.165, 1.54) is 77.0 Å². The first kappa shape index (κ1) is 28.4. The van der Waals surface area contributed by atoms with Crippen LogP contribution in [0, 0.1) is 0 Å². The van der Waals surface area contributed by atoms with Gasteiger partial charge in [-0.2, -0.15) is 0 Å². The lowest BCUT2D eigenvalue weighted by atomic mass is 9.99. The summed E-state index contributed by atoms with van der Waals surface area (Å²) in [6.07, 6.45) is 0. The van der Waals surface area contributed by atoms with E-state index in [9.17, 15) is 0 Å². The van der Waals surface area contributed by atoms with Crippen molar-refractivity contribution in [2.45, 2.75) is 0 Å². The van der Waals surface area contributed by atoms with Crippen LogP contribution in [0.5, 0.6) is 0 Å². The van der Waals surface area contributed by atoms with Crippen molar-refractivity contribution >= 4 is 43.6 Å². The minimum absolute atomic E-state index is 1.15. The summed E-state index contributed by atoms with van der Waals surface area (Å²) >= 11 is 0. The zero-order valence-corrected chi connectivity index (χ0v) is 27.4. The van der Waals surface area contributed by atoms with Crippen LogP contribution < -0.4 is 0 Å². The number of aromatic nitrogens is 2. The summed E-state index contributed by atoms with van der Waals surface area (Å²) in [7, 11) is 0. The van der Waals surface area contributed by atoms with E-state index in [4.69, 9.17) is 0 Å². The Labute approximate surface area is 290 Å². The molecule has 0 aliphatic heterocycles. The molecule has 0 aliphatic rings. The number of rotatable bonds is 5. The first-order valence-corrected chi connectivity index (χ1v) is 17.2. The Balaban J connectivity index is 1.20. The highest BCUT2D eigenvalue weighted by Crippen LogP contribution is 2.43. The second kappa shape index (κ2) is 11.5. The molecule has 0 spiro atoms. The minimum atomic E-state index is 1.15. The summed E-state index contributed by atoms with van der Waals surface area (Å²) in [6, 6.07) is 70.3. The molecule has 234 valence electrons. The molecule has 0 bridgehead atoms. The molecule has 0 unspecified atom stereocenters. The van der Waals surface area contributed by atoms with Gasteiger partial charge in [0, 0.05) is 32.9 Å². The predicted octanol–water partition coefficient (Wildman–Crippen LogP) is 12.9. The van der Waals surface area contributed by atoms with Crippen LogP contribution in [0.4, 0.5) is 0 Å². The van der Waals surface area contributed by atoms with Gasteiger partial charge in [0.15, 0.2) is 0 Å². The van der Waals surface area contributed by atoms with E-state index in [1.54, 1.807) is 0 Å². The van der Waals surface area contributed by atoms with Crippen LogP contribution in [0.15, 0.2) is 194 Å². The van der Waals surface area contributed by atoms with E-state index in [0.717, 1.165) is 11.4 Å². The summed E-state index contributed by atoms with van der Waals surface area (Å²) in [5.41, 5.74) is 14.4. The van der Waals surface area contributed by atoms with Crippen molar-refractivity contribution in [3.8, 4) is 44.8 Å². The van der Waals surface area contributed by atoms with Crippen molar-refractivity contribution in [1.82, 2.24) is 9.13 Å². The number of benzene rings is 8. The van der Waals surface area contributed by atoms with Gasteiger partial charge < -0.3 is 9.13 Å². The van der Waals surface area contributed by atoms with Crippen molar-refractivity contribution in [2.75, 3.05) is 0 Å². The first-order valence-electron chi connectivity index (χ1n) is 17.2. The molecule has 2 heterocycles. The maximum Gasteiger partial charge on any atom is 0.0548 e. The van der Waals surface area contributed by atoms with Gasteiger partial charge in [-0.15, -0.1) is 0 Å². The molecule has 0 saturated heterocycles. The fourth-order valence-corrected chi connectivity index (χ4v) is 7.82. The standard InChI is InChI=1S/C48H32N2/c1-4-13-33(14-5-1)36-17-12-18-37(31-36)35-23-26-40(27-24-35)50-43-22-11-10-21-41(43)47-45(50)29-30-46-48(47)42-32-38(34-15-6-2-7-16-34)25-28-44(42)49(46)39-19-8-3-9-20-39/h1-32H. The van der Waals surface area contributed by atoms with Gasteiger partial charge in [-0.1, -0.05) is 133 Å². The molecule has 0 saturated carbocycles. The summed E-state index contributed by atoms with van der Waals surface area (Å²) in [6.45, 7) is 0. The van der Waals surface area contributed by atoms with Crippen molar-refractivity contribution in [3.05, 3.63) is 194 Å². The zero-order valence-electron chi connectivity index (χ0n) is 27.4. The Morgan fingerprint density at radius 2 is 0.660 bits per heavy atom. The molecule has 0 N–H and O–H groups in total. The molecular weight excluding hydrogens is 605 g/mol.